The van der Waals surface area contributed by atoms with Gasteiger partial charge in [-0.05, 0) is 38.0 Å². The van der Waals surface area contributed by atoms with Crippen molar-refractivity contribution in [2.24, 2.45) is 0 Å². The molecule has 1 rings (SSSR count). The molecule has 0 radical (unpaired) electrons. The Morgan fingerprint density at radius 3 is 2.53 bits per heavy atom. The van der Waals surface area contributed by atoms with Gasteiger partial charge in [0.05, 0.1) is 23.4 Å². The largest absolute Gasteiger partial charge is 0.478 e. The van der Waals surface area contributed by atoms with E-state index in [1.807, 2.05) is 0 Å². The Kier molecular flexibility index (Phi) is 4.63. The summed E-state index contributed by atoms with van der Waals surface area (Å²) in [5.41, 5.74) is 1.19. The van der Waals surface area contributed by atoms with Gasteiger partial charge in [0.1, 0.15) is 0 Å². The number of hydrogen-bond donors (Lipinski definition) is 2. The van der Waals surface area contributed by atoms with Crippen LogP contribution in [0.4, 0.5) is 5.69 Å². The van der Waals surface area contributed by atoms with Crippen molar-refractivity contribution in [3.05, 3.63) is 28.3 Å². The lowest BCUT2D eigenvalue weighted by Gasteiger charge is -2.15. The predicted octanol–water partition coefficient (Wildman–Crippen LogP) is 1.75. The number of carbonyl (C=O) groups excluding carboxylic acids is 2. The first-order valence-corrected chi connectivity index (χ1v) is 5.68. The van der Waals surface area contributed by atoms with Gasteiger partial charge >= 0.3 is 11.9 Å². The first kappa shape index (κ1) is 14.7. The molecule has 0 aliphatic rings. The molecule has 0 saturated carbocycles. The number of nitrogens with one attached hydrogen (secondary N) is 1. The fourth-order valence-electron chi connectivity index (χ4n) is 1.91. The van der Waals surface area contributed by atoms with Gasteiger partial charge in [-0.3, -0.25) is 4.79 Å². The Hall–Kier alpha value is -2.37. The molecule has 6 nitrogen and oxygen atoms in total. The summed E-state index contributed by atoms with van der Waals surface area (Å²) >= 11 is 0. The number of amides is 1. The van der Waals surface area contributed by atoms with Gasteiger partial charge in [-0.1, -0.05) is 0 Å². The third-order valence-corrected chi connectivity index (χ3v) is 2.69. The summed E-state index contributed by atoms with van der Waals surface area (Å²) in [7, 11) is 0. The number of ether oxygens (including phenoxy) is 1. The van der Waals surface area contributed by atoms with Gasteiger partial charge in [-0.25, -0.2) is 9.59 Å². The highest BCUT2D eigenvalue weighted by atomic mass is 16.5. The summed E-state index contributed by atoms with van der Waals surface area (Å²) in [6.07, 6.45) is 0.374. The van der Waals surface area contributed by atoms with E-state index in [1.54, 1.807) is 20.8 Å². The first-order chi connectivity index (χ1) is 8.93. The van der Waals surface area contributed by atoms with E-state index < -0.39 is 11.9 Å². The lowest BCUT2D eigenvalue weighted by molar-refractivity contribution is -0.105. The molecule has 1 aromatic rings. The Morgan fingerprint density at radius 2 is 2.05 bits per heavy atom. The number of carboxylic acids is 1. The van der Waals surface area contributed by atoms with E-state index >= 15 is 0 Å². The molecule has 1 amide bonds. The molecule has 0 aromatic heterocycles. The maximum Gasteiger partial charge on any atom is 0.338 e. The lowest BCUT2D eigenvalue weighted by atomic mass is 9.96. The van der Waals surface area contributed by atoms with Crippen molar-refractivity contribution in [1.29, 1.82) is 0 Å². The van der Waals surface area contributed by atoms with Crippen molar-refractivity contribution in [2.45, 2.75) is 20.8 Å². The number of aryl methyl sites for hydroxylation is 1. The van der Waals surface area contributed by atoms with Gasteiger partial charge in [0, 0.05) is 0 Å². The van der Waals surface area contributed by atoms with Crippen molar-refractivity contribution in [3.63, 3.8) is 0 Å². The average molecular weight is 265 g/mol. The van der Waals surface area contributed by atoms with Crippen molar-refractivity contribution in [1.82, 2.24) is 0 Å². The van der Waals surface area contributed by atoms with Gasteiger partial charge in [-0.15, -0.1) is 0 Å². The van der Waals surface area contributed by atoms with Gasteiger partial charge in [-0.2, -0.15) is 0 Å². The molecule has 0 aliphatic heterocycles. The molecule has 0 aliphatic carbocycles. The minimum atomic E-state index is -1.18. The van der Waals surface area contributed by atoms with E-state index in [4.69, 9.17) is 9.84 Å². The molecular weight excluding hydrogens is 250 g/mol. The van der Waals surface area contributed by atoms with Crippen LogP contribution < -0.4 is 5.32 Å². The van der Waals surface area contributed by atoms with Crippen molar-refractivity contribution < 1.29 is 24.2 Å². The molecule has 0 fully saturated rings. The Bertz CT molecular complexity index is 536. The van der Waals surface area contributed by atoms with Crippen molar-refractivity contribution >= 4 is 24.0 Å². The number of rotatable bonds is 5. The number of anilines is 1. The molecule has 0 saturated heterocycles. The van der Waals surface area contributed by atoms with Crippen LogP contribution in [-0.4, -0.2) is 30.1 Å². The Balaban J connectivity index is 3.51. The van der Waals surface area contributed by atoms with E-state index in [1.165, 1.54) is 6.07 Å². The van der Waals surface area contributed by atoms with Crippen molar-refractivity contribution in [2.75, 3.05) is 11.9 Å². The third-order valence-electron chi connectivity index (χ3n) is 2.69. The highest BCUT2D eigenvalue weighted by Gasteiger charge is 2.22. The Labute approximate surface area is 110 Å². The summed E-state index contributed by atoms with van der Waals surface area (Å²) in [6, 6.07) is 1.34. The predicted molar refractivity (Wildman–Crippen MR) is 68.5 cm³/mol. The smallest absolute Gasteiger partial charge is 0.338 e. The quantitative estimate of drug-likeness (QED) is 0.625. The molecule has 102 valence electrons. The minimum absolute atomic E-state index is 0.0600. The number of benzene rings is 1. The number of carboxylic acid groups (broad SMARTS) is 1. The third kappa shape index (κ3) is 2.90. The molecule has 0 spiro atoms. The second-order valence-corrected chi connectivity index (χ2v) is 3.90. The van der Waals surface area contributed by atoms with Crippen LogP contribution >= 0.6 is 0 Å². The van der Waals surface area contributed by atoms with Gasteiger partial charge in [0.25, 0.3) is 0 Å². The summed E-state index contributed by atoms with van der Waals surface area (Å²) in [5, 5.41) is 11.4. The van der Waals surface area contributed by atoms with Crippen LogP contribution in [0.3, 0.4) is 0 Å². The number of hydrogen-bond acceptors (Lipinski definition) is 4. The fourth-order valence-corrected chi connectivity index (χ4v) is 1.91. The summed E-state index contributed by atoms with van der Waals surface area (Å²) in [5.74, 6) is -1.71. The van der Waals surface area contributed by atoms with Crippen LogP contribution in [0.15, 0.2) is 6.07 Å². The van der Waals surface area contributed by atoms with Crippen LogP contribution in [0.2, 0.25) is 0 Å². The zero-order chi connectivity index (χ0) is 14.6. The average Bonchev–Trinajstić information content (AvgIpc) is 2.32. The maximum absolute atomic E-state index is 11.8. The SMILES string of the molecule is CCOC(=O)c1c(C)cc(C(=O)O)c(NC=O)c1C. The lowest BCUT2D eigenvalue weighted by Crippen LogP contribution is -2.14. The van der Waals surface area contributed by atoms with E-state index in [2.05, 4.69) is 5.32 Å². The van der Waals surface area contributed by atoms with E-state index in [0.29, 0.717) is 17.5 Å². The van der Waals surface area contributed by atoms with Crippen LogP contribution in [0.5, 0.6) is 0 Å². The number of carbonyl (C=O) groups is 3. The number of aromatic carboxylic acids is 1. The molecule has 1 aromatic carbocycles. The highest BCUT2D eigenvalue weighted by Crippen LogP contribution is 2.27. The van der Waals surface area contributed by atoms with E-state index in [-0.39, 0.29) is 23.4 Å². The molecular formula is C13H15NO5. The van der Waals surface area contributed by atoms with Crippen molar-refractivity contribution in [3.8, 4) is 0 Å². The molecule has 0 heterocycles. The number of esters is 1. The summed E-state index contributed by atoms with van der Waals surface area (Å²) in [4.78, 5) is 33.5. The standard InChI is InChI=1S/C13H15NO5/c1-4-19-13(18)10-7(2)5-9(12(16)17)11(8(10)3)14-6-15/h5-6H,4H2,1-3H3,(H,14,15)(H,16,17). The molecule has 0 bridgehead atoms. The van der Waals surface area contributed by atoms with E-state index in [9.17, 15) is 14.4 Å². The molecule has 19 heavy (non-hydrogen) atoms. The van der Waals surface area contributed by atoms with Gasteiger partial charge < -0.3 is 15.2 Å². The first-order valence-electron chi connectivity index (χ1n) is 5.68. The topological polar surface area (TPSA) is 92.7 Å². The van der Waals surface area contributed by atoms with Crippen LogP contribution in [0.1, 0.15) is 38.8 Å². The van der Waals surface area contributed by atoms with Crippen LogP contribution in [-0.2, 0) is 9.53 Å². The Morgan fingerprint density at radius 1 is 1.42 bits per heavy atom. The normalized spacial score (nSPS) is 9.84. The minimum Gasteiger partial charge on any atom is -0.478 e. The second-order valence-electron chi connectivity index (χ2n) is 3.90. The summed E-state index contributed by atoms with van der Waals surface area (Å²) < 4.78 is 4.92. The van der Waals surface area contributed by atoms with Crippen LogP contribution in [0.25, 0.3) is 0 Å². The fraction of sp³-hybridized carbons (Fsp3) is 0.308. The van der Waals surface area contributed by atoms with Gasteiger partial charge in [0.2, 0.25) is 6.41 Å². The zero-order valence-electron chi connectivity index (χ0n) is 10.9. The molecule has 2 N–H and O–H groups in total. The van der Waals surface area contributed by atoms with E-state index in [0.717, 1.165) is 0 Å². The van der Waals surface area contributed by atoms with Gasteiger partial charge in [0.15, 0.2) is 0 Å². The second kappa shape index (κ2) is 5.99. The molecule has 6 heteroatoms. The summed E-state index contributed by atoms with van der Waals surface area (Å²) in [6.45, 7) is 5.08. The van der Waals surface area contributed by atoms with Crippen LogP contribution in [0, 0.1) is 13.8 Å². The molecule has 0 atom stereocenters. The highest BCUT2D eigenvalue weighted by molar-refractivity contribution is 6.03. The molecule has 0 unspecified atom stereocenters. The zero-order valence-corrected chi connectivity index (χ0v) is 10.9. The monoisotopic (exact) mass is 265 g/mol. The maximum atomic E-state index is 11.8.